The summed E-state index contributed by atoms with van der Waals surface area (Å²) in [6.45, 7) is 5.05. The molecule has 5 N–H and O–H groups in total. The van der Waals surface area contributed by atoms with Crippen LogP contribution in [0.3, 0.4) is 0 Å². The molecule has 5 aliphatic rings. The van der Waals surface area contributed by atoms with E-state index in [0.717, 1.165) is 32.1 Å². The zero-order valence-electron chi connectivity index (χ0n) is 25.4. The van der Waals surface area contributed by atoms with Crippen molar-refractivity contribution in [3.8, 4) is 0 Å². The van der Waals surface area contributed by atoms with Gasteiger partial charge in [-0.1, -0.05) is 0 Å². The third kappa shape index (κ3) is 8.32. The summed E-state index contributed by atoms with van der Waals surface area (Å²) in [6, 6.07) is 5.40. The van der Waals surface area contributed by atoms with E-state index in [-0.39, 0.29) is 41.7 Å². The molecule has 0 aromatic heterocycles. The van der Waals surface area contributed by atoms with Gasteiger partial charge in [-0.2, -0.15) is 0 Å². The summed E-state index contributed by atoms with van der Waals surface area (Å²) in [5.74, 6) is -0.911. The number of benzene rings is 1. The highest BCUT2D eigenvalue weighted by molar-refractivity contribution is 5.94. The first-order valence-corrected chi connectivity index (χ1v) is 15.8. The molecule has 11 heteroatoms. The SMILES string of the molecule is CC(C)(N)CNC(=O)CC1CCC2(CC1)OOC1CC3CC(CC(C(=O)NCCCNC(=O)c4ccc(F)cc4)(C3)C1)O2. The number of carbonyl (C=O) groups is 3. The van der Waals surface area contributed by atoms with Gasteiger partial charge in [-0.15, -0.1) is 0 Å². The molecule has 3 saturated carbocycles. The summed E-state index contributed by atoms with van der Waals surface area (Å²) in [5.41, 5.74) is 5.37. The fourth-order valence-electron chi connectivity index (χ4n) is 7.33. The number of ether oxygens (including phenoxy) is 1. The van der Waals surface area contributed by atoms with Crippen LogP contribution in [0.2, 0.25) is 0 Å². The van der Waals surface area contributed by atoms with E-state index in [9.17, 15) is 18.8 Å². The molecule has 1 aromatic rings. The Morgan fingerprint density at radius 2 is 1.65 bits per heavy atom. The number of hydrogen-bond donors (Lipinski definition) is 4. The first-order chi connectivity index (χ1) is 20.4. The molecule has 10 nitrogen and oxygen atoms in total. The zero-order chi connectivity index (χ0) is 30.7. The first-order valence-electron chi connectivity index (χ1n) is 15.8. The van der Waals surface area contributed by atoms with Gasteiger partial charge in [-0.05, 0) is 101 Å². The van der Waals surface area contributed by atoms with Crippen LogP contribution in [0.15, 0.2) is 24.3 Å². The van der Waals surface area contributed by atoms with Gasteiger partial charge in [0.15, 0.2) is 0 Å². The molecule has 2 aliphatic heterocycles. The monoisotopic (exact) mass is 602 g/mol. The number of halogens is 1. The van der Waals surface area contributed by atoms with Gasteiger partial charge >= 0.3 is 0 Å². The number of fused-ring (bicyclic) bond motifs is 1. The zero-order valence-corrected chi connectivity index (χ0v) is 25.4. The highest BCUT2D eigenvalue weighted by atomic mass is 19.1. The van der Waals surface area contributed by atoms with Crippen LogP contribution in [-0.2, 0) is 24.1 Å². The molecular formula is C32H47FN4O6. The van der Waals surface area contributed by atoms with Crippen molar-refractivity contribution in [1.82, 2.24) is 16.0 Å². The Hall–Kier alpha value is -2.60. The van der Waals surface area contributed by atoms with E-state index >= 15 is 0 Å². The molecule has 2 heterocycles. The quantitative estimate of drug-likeness (QED) is 0.237. The van der Waals surface area contributed by atoms with Crippen LogP contribution in [-0.4, -0.2) is 60.9 Å². The number of carbonyl (C=O) groups excluding carboxylic acids is 3. The fraction of sp³-hybridized carbons (Fsp3) is 0.719. The first kappa shape index (κ1) is 31.8. The predicted molar refractivity (Wildman–Crippen MR) is 157 cm³/mol. The normalized spacial score (nSPS) is 32.0. The van der Waals surface area contributed by atoms with Gasteiger partial charge in [0.05, 0.1) is 17.6 Å². The average molecular weight is 603 g/mol. The Labute approximate surface area is 253 Å². The molecule has 4 atom stereocenters. The third-order valence-corrected chi connectivity index (χ3v) is 9.42. The second-order valence-corrected chi connectivity index (χ2v) is 14.0. The molecule has 4 bridgehead atoms. The molecule has 0 radical (unpaired) electrons. The maximum atomic E-state index is 13.6. The Balaban J connectivity index is 1.11. The fourth-order valence-corrected chi connectivity index (χ4v) is 7.33. The second kappa shape index (κ2) is 13.2. The lowest BCUT2D eigenvalue weighted by molar-refractivity contribution is -0.454. The van der Waals surface area contributed by atoms with Crippen molar-refractivity contribution in [1.29, 1.82) is 0 Å². The summed E-state index contributed by atoms with van der Waals surface area (Å²) in [5, 5.41) is 8.86. The Kier molecular flexibility index (Phi) is 9.75. The summed E-state index contributed by atoms with van der Waals surface area (Å²) < 4.78 is 19.8. The topological polar surface area (TPSA) is 141 Å². The number of nitrogens with two attached hydrogens (primary N) is 1. The summed E-state index contributed by atoms with van der Waals surface area (Å²) in [6.07, 6.45) is 7.40. The van der Waals surface area contributed by atoms with Crippen LogP contribution in [0.4, 0.5) is 4.39 Å². The van der Waals surface area contributed by atoms with Crippen molar-refractivity contribution in [2.24, 2.45) is 23.0 Å². The minimum Gasteiger partial charge on any atom is -0.356 e. The standard InChI is InChI=1S/C32H47FN4O6/c1-30(2,34)20-37-27(38)16-21-8-10-32(11-9-21)41-25-14-22-15-26(42-43-32)19-31(17-22,18-25)29(40)36-13-3-12-35-28(39)23-4-6-24(33)7-5-23/h4-7,21-22,25-26H,3,8-20,34H2,1-2H3,(H,35,39)(H,36,40)(H,37,38). The highest BCUT2D eigenvalue weighted by Crippen LogP contribution is 2.53. The van der Waals surface area contributed by atoms with Crippen molar-refractivity contribution < 1.29 is 33.3 Å². The third-order valence-electron chi connectivity index (χ3n) is 9.42. The highest BCUT2D eigenvalue weighted by Gasteiger charge is 2.55. The largest absolute Gasteiger partial charge is 0.356 e. The van der Waals surface area contributed by atoms with Gasteiger partial charge in [-0.3, -0.25) is 14.4 Å². The maximum Gasteiger partial charge on any atom is 0.251 e. The van der Waals surface area contributed by atoms with Crippen molar-refractivity contribution in [3.05, 3.63) is 35.6 Å². The van der Waals surface area contributed by atoms with E-state index in [4.69, 9.17) is 20.2 Å². The maximum absolute atomic E-state index is 13.6. The minimum absolute atomic E-state index is 0.00953. The summed E-state index contributed by atoms with van der Waals surface area (Å²) in [7, 11) is 0. The van der Waals surface area contributed by atoms with Crippen molar-refractivity contribution >= 4 is 17.7 Å². The van der Waals surface area contributed by atoms with Crippen molar-refractivity contribution in [3.63, 3.8) is 0 Å². The van der Waals surface area contributed by atoms with Crippen LogP contribution in [0, 0.1) is 23.1 Å². The number of amides is 3. The average Bonchev–Trinajstić information content (AvgIpc) is 3.02. The molecule has 4 unspecified atom stereocenters. The lowest BCUT2D eigenvalue weighted by atomic mass is 9.59. The van der Waals surface area contributed by atoms with Gasteiger partial charge in [0.2, 0.25) is 17.6 Å². The lowest BCUT2D eigenvalue weighted by Crippen LogP contribution is -2.53. The number of hydrogen-bond acceptors (Lipinski definition) is 7. The van der Waals surface area contributed by atoms with Crippen LogP contribution >= 0.6 is 0 Å². The van der Waals surface area contributed by atoms with Gasteiger partial charge in [0.1, 0.15) is 5.82 Å². The molecular weight excluding hydrogens is 555 g/mol. The van der Waals surface area contributed by atoms with Gasteiger partial charge in [0, 0.05) is 50.0 Å². The predicted octanol–water partition coefficient (Wildman–Crippen LogP) is 3.49. The van der Waals surface area contributed by atoms with E-state index in [1.54, 1.807) is 0 Å². The van der Waals surface area contributed by atoms with E-state index in [0.29, 0.717) is 69.6 Å². The Bertz CT molecular complexity index is 1150. The summed E-state index contributed by atoms with van der Waals surface area (Å²) >= 11 is 0. The van der Waals surface area contributed by atoms with Crippen LogP contribution in [0.25, 0.3) is 0 Å². The number of nitrogens with one attached hydrogen (secondary N) is 3. The molecule has 1 spiro atoms. The summed E-state index contributed by atoms with van der Waals surface area (Å²) in [4.78, 5) is 50.5. The van der Waals surface area contributed by atoms with Crippen molar-refractivity contribution in [2.45, 2.75) is 108 Å². The molecule has 3 aliphatic carbocycles. The van der Waals surface area contributed by atoms with Gasteiger partial charge in [-0.25, -0.2) is 14.2 Å². The van der Waals surface area contributed by atoms with Crippen LogP contribution in [0.5, 0.6) is 0 Å². The van der Waals surface area contributed by atoms with E-state index in [2.05, 4.69) is 16.0 Å². The Morgan fingerprint density at radius 1 is 0.977 bits per heavy atom. The van der Waals surface area contributed by atoms with E-state index in [1.807, 2.05) is 13.8 Å². The molecule has 3 amide bonds. The molecule has 2 saturated heterocycles. The molecule has 238 valence electrons. The van der Waals surface area contributed by atoms with Crippen LogP contribution in [0.1, 0.15) is 94.8 Å². The Morgan fingerprint density at radius 3 is 2.37 bits per heavy atom. The molecule has 6 rings (SSSR count). The minimum atomic E-state index is -0.851. The van der Waals surface area contributed by atoms with E-state index in [1.165, 1.54) is 24.3 Å². The lowest BCUT2D eigenvalue weighted by Gasteiger charge is -2.48. The molecule has 5 fully saturated rings. The second-order valence-electron chi connectivity index (χ2n) is 14.0. The molecule has 1 aromatic carbocycles. The van der Waals surface area contributed by atoms with Crippen LogP contribution < -0.4 is 21.7 Å². The van der Waals surface area contributed by atoms with Gasteiger partial charge in [0.25, 0.3) is 5.91 Å². The van der Waals surface area contributed by atoms with Gasteiger partial charge < -0.3 is 26.4 Å². The number of rotatable bonds is 10. The van der Waals surface area contributed by atoms with Crippen molar-refractivity contribution in [2.75, 3.05) is 19.6 Å². The molecule has 43 heavy (non-hydrogen) atoms. The van der Waals surface area contributed by atoms with E-state index < -0.39 is 16.7 Å². The smallest absolute Gasteiger partial charge is 0.251 e.